The Labute approximate surface area is 108 Å². The lowest BCUT2D eigenvalue weighted by Gasteiger charge is -2.36. The normalized spacial score (nSPS) is 55.2. The minimum absolute atomic E-state index is 0.0701. The molecule has 0 aromatic rings. The molecule has 0 spiro atoms. The van der Waals surface area contributed by atoms with Crippen LogP contribution in [-0.4, -0.2) is 33.1 Å². The van der Waals surface area contributed by atoms with Gasteiger partial charge in [0.2, 0.25) is 0 Å². The topological polar surface area (TPSA) is 60.7 Å². The van der Waals surface area contributed by atoms with Gasteiger partial charge in [-0.2, -0.15) is 0 Å². The number of hydrogen-bond acceptors (Lipinski definition) is 3. The van der Waals surface area contributed by atoms with Crippen LogP contribution in [0.25, 0.3) is 0 Å². The van der Waals surface area contributed by atoms with Crippen molar-refractivity contribution in [3.8, 4) is 0 Å². The fourth-order valence-corrected chi connectivity index (χ4v) is 4.47. The molecule has 3 heteroatoms. The highest BCUT2D eigenvalue weighted by molar-refractivity contribution is 5.44. The molecular weight excluding hydrogens is 228 g/mol. The molecule has 3 N–H and O–H groups in total. The molecule has 0 aliphatic heterocycles. The fourth-order valence-electron chi connectivity index (χ4n) is 4.47. The highest BCUT2D eigenvalue weighted by atomic mass is 16.3. The molecule has 0 radical (unpaired) electrons. The van der Waals surface area contributed by atoms with E-state index in [9.17, 15) is 15.3 Å². The summed E-state index contributed by atoms with van der Waals surface area (Å²) in [5, 5.41) is 31.1. The van der Waals surface area contributed by atoms with E-state index < -0.39 is 11.7 Å². The number of fused-ring (bicyclic) bond motifs is 3. The van der Waals surface area contributed by atoms with E-state index >= 15 is 0 Å². The average molecular weight is 250 g/mol. The molecule has 2 saturated carbocycles. The third-order valence-electron chi connectivity index (χ3n) is 5.55. The van der Waals surface area contributed by atoms with Crippen molar-refractivity contribution in [3.05, 3.63) is 23.8 Å². The van der Waals surface area contributed by atoms with Crippen molar-refractivity contribution >= 4 is 0 Å². The third kappa shape index (κ3) is 1.35. The Morgan fingerprint density at radius 1 is 1.39 bits per heavy atom. The Hall–Kier alpha value is -0.640. The summed E-state index contributed by atoms with van der Waals surface area (Å²) in [6, 6.07) is 0. The van der Waals surface area contributed by atoms with Crippen LogP contribution in [-0.2, 0) is 0 Å². The second-order valence-electron chi connectivity index (χ2n) is 6.48. The summed E-state index contributed by atoms with van der Waals surface area (Å²) in [5.41, 5.74) is 0.237. The lowest BCUT2D eigenvalue weighted by molar-refractivity contribution is 0.0404. The lowest BCUT2D eigenvalue weighted by atomic mass is 9.70. The van der Waals surface area contributed by atoms with Gasteiger partial charge in [-0.05, 0) is 48.7 Å². The van der Waals surface area contributed by atoms with Crippen molar-refractivity contribution in [3.63, 3.8) is 0 Å². The number of allylic oxidation sites excluding steroid dienone is 1. The maximum Gasteiger partial charge on any atom is 0.106 e. The number of hydrogen-bond donors (Lipinski definition) is 3. The van der Waals surface area contributed by atoms with E-state index in [-0.39, 0.29) is 17.9 Å². The first-order valence-corrected chi connectivity index (χ1v) is 6.84. The zero-order valence-electron chi connectivity index (χ0n) is 11.0. The van der Waals surface area contributed by atoms with Gasteiger partial charge in [0, 0.05) is 5.92 Å². The van der Waals surface area contributed by atoms with E-state index in [0.29, 0.717) is 17.4 Å². The van der Waals surface area contributed by atoms with E-state index in [1.54, 1.807) is 6.92 Å². The summed E-state index contributed by atoms with van der Waals surface area (Å²) in [6.07, 6.45) is 2.68. The molecule has 2 fully saturated rings. The number of rotatable bonds is 0. The molecule has 0 heterocycles. The van der Waals surface area contributed by atoms with Crippen molar-refractivity contribution in [2.75, 3.05) is 0 Å². The Morgan fingerprint density at radius 2 is 2.06 bits per heavy atom. The van der Waals surface area contributed by atoms with E-state index in [2.05, 4.69) is 19.6 Å². The summed E-state index contributed by atoms with van der Waals surface area (Å²) >= 11 is 0. The highest BCUT2D eigenvalue weighted by Gasteiger charge is 2.57. The SMILES string of the molecule is C=C1C(O)C2C(=CCC3C(C)CC(O)C32)C1(C)O. The maximum absolute atomic E-state index is 10.5. The molecule has 3 rings (SSSR count). The van der Waals surface area contributed by atoms with Gasteiger partial charge in [0.1, 0.15) is 5.60 Å². The molecule has 0 bridgehead atoms. The van der Waals surface area contributed by atoms with Gasteiger partial charge >= 0.3 is 0 Å². The molecular formula is C15H22O3. The van der Waals surface area contributed by atoms with E-state index in [0.717, 1.165) is 18.4 Å². The van der Waals surface area contributed by atoms with Crippen molar-refractivity contribution in [2.24, 2.45) is 23.7 Å². The van der Waals surface area contributed by atoms with Crippen molar-refractivity contribution < 1.29 is 15.3 Å². The Morgan fingerprint density at radius 3 is 2.72 bits per heavy atom. The minimum atomic E-state index is -1.11. The van der Waals surface area contributed by atoms with Crippen LogP contribution in [0.5, 0.6) is 0 Å². The van der Waals surface area contributed by atoms with Crippen LogP contribution < -0.4 is 0 Å². The average Bonchev–Trinajstić information content (AvgIpc) is 2.69. The second-order valence-corrected chi connectivity index (χ2v) is 6.48. The summed E-state index contributed by atoms with van der Waals surface area (Å²) in [7, 11) is 0. The Bertz CT molecular complexity index is 423. The molecule has 0 aromatic carbocycles. The minimum Gasteiger partial charge on any atom is -0.393 e. The molecule has 18 heavy (non-hydrogen) atoms. The summed E-state index contributed by atoms with van der Waals surface area (Å²) in [5.74, 6) is 0.825. The van der Waals surface area contributed by atoms with Crippen LogP contribution in [0.2, 0.25) is 0 Å². The molecule has 0 aromatic heterocycles. The van der Waals surface area contributed by atoms with Gasteiger partial charge in [-0.1, -0.05) is 19.6 Å². The molecule has 3 aliphatic carbocycles. The first-order valence-electron chi connectivity index (χ1n) is 6.84. The van der Waals surface area contributed by atoms with Crippen LogP contribution >= 0.6 is 0 Å². The molecule has 7 unspecified atom stereocenters. The molecule has 100 valence electrons. The maximum atomic E-state index is 10.5. The molecule has 3 aliphatic rings. The summed E-state index contributed by atoms with van der Waals surface area (Å²) in [4.78, 5) is 0. The number of aliphatic hydroxyl groups excluding tert-OH is 2. The van der Waals surface area contributed by atoms with E-state index in [1.807, 2.05) is 0 Å². The highest BCUT2D eigenvalue weighted by Crippen LogP contribution is 2.56. The van der Waals surface area contributed by atoms with Gasteiger partial charge in [0.15, 0.2) is 0 Å². The van der Waals surface area contributed by atoms with Crippen LogP contribution in [0.3, 0.4) is 0 Å². The van der Waals surface area contributed by atoms with Gasteiger partial charge in [0.25, 0.3) is 0 Å². The Balaban J connectivity index is 2.05. The smallest absolute Gasteiger partial charge is 0.106 e. The van der Waals surface area contributed by atoms with Crippen molar-refractivity contribution in [1.82, 2.24) is 0 Å². The summed E-state index contributed by atoms with van der Waals surface area (Å²) < 4.78 is 0. The monoisotopic (exact) mass is 250 g/mol. The van der Waals surface area contributed by atoms with Gasteiger partial charge in [-0.3, -0.25) is 0 Å². The van der Waals surface area contributed by atoms with E-state index in [4.69, 9.17) is 0 Å². The van der Waals surface area contributed by atoms with Crippen molar-refractivity contribution in [2.45, 2.75) is 44.5 Å². The first-order chi connectivity index (χ1) is 8.35. The standard InChI is InChI=1S/C15H22O3/c1-7-6-11(16)12-9(7)4-5-10-13(12)14(17)8(2)15(10,3)18/h5,7,9,11-14,16-18H,2,4,6H2,1,3H3. The Kier molecular flexibility index (Phi) is 2.54. The van der Waals surface area contributed by atoms with Gasteiger partial charge in [-0.15, -0.1) is 0 Å². The van der Waals surface area contributed by atoms with Gasteiger partial charge in [0.05, 0.1) is 12.2 Å². The number of aliphatic hydroxyl groups is 3. The van der Waals surface area contributed by atoms with Gasteiger partial charge in [-0.25, -0.2) is 0 Å². The second kappa shape index (κ2) is 3.69. The predicted molar refractivity (Wildman–Crippen MR) is 68.7 cm³/mol. The zero-order chi connectivity index (χ0) is 13.2. The quantitative estimate of drug-likeness (QED) is 0.567. The van der Waals surface area contributed by atoms with Gasteiger partial charge < -0.3 is 15.3 Å². The predicted octanol–water partition coefficient (Wildman–Crippen LogP) is 1.25. The third-order valence-corrected chi connectivity index (χ3v) is 5.55. The van der Waals surface area contributed by atoms with E-state index in [1.165, 1.54) is 0 Å². The lowest BCUT2D eigenvalue weighted by Crippen LogP contribution is -2.37. The first kappa shape index (κ1) is 12.4. The van der Waals surface area contributed by atoms with Crippen LogP contribution in [0.15, 0.2) is 23.8 Å². The largest absolute Gasteiger partial charge is 0.393 e. The molecule has 0 saturated heterocycles. The van der Waals surface area contributed by atoms with Crippen LogP contribution in [0, 0.1) is 23.7 Å². The summed E-state index contributed by atoms with van der Waals surface area (Å²) in [6.45, 7) is 7.72. The zero-order valence-corrected chi connectivity index (χ0v) is 11.0. The molecule has 3 nitrogen and oxygen atoms in total. The fraction of sp³-hybridized carbons (Fsp3) is 0.733. The van der Waals surface area contributed by atoms with Crippen LogP contribution in [0.1, 0.15) is 26.7 Å². The molecule has 0 amide bonds. The van der Waals surface area contributed by atoms with Crippen molar-refractivity contribution in [1.29, 1.82) is 0 Å². The molecule has 7 atom stereocenters. The van der Waals surface area contributed by atoms with Crippen LogP contribution in [0.4, 0.5) is 0 Å².